The van der Waals surface area contributed by atoms with Crippen molar-refractivity contribution in [2.75, 3.05) is 31.1 Å². The molecule has 0 spiro atoms. The van der Waals surface area contributed by atoms with Gasteiger partial charge in [0, 0.05) is 55.0 Å². The summed E-state index contributed by atoms with van der Waals surface area (Å²) in [4.78, 5) is 31.0. The number of aromatic nitrogens is 5. The second kappa shape index (κ2) is 12.3. The van der Waals surface area contributed by atoms with Crippen LogP contribution in [0.1, 0.15) is 44.7 Å². The Labute approximate surface area is 232 Å². The van der Waals surface area contributed by atoms with Gasteiger partial charge in [-0.05, 0) is 61.4 Å². The van der Waals surface area contributed by atoms with Crippen LogP contribution in [0.4, 0.5) is 14.6 Å². The molecular formula is C30H33F2N7O. The summed E-state index contributed by atoms with van der Waals surface area (Å²) in [5.41, 5.74) is 2.33. The Balaban J connectivity index is 1.30. The Morgan fingerprint density at radius 2 is 1.55 bits per heavy atom. The Morgan fingerprint density at radius 1 is 0.900 bits per heavy atom. The summed E-state index contributed by atoms with van der Waals surface area (Å²) in [5.74, 6) is 1.31. The third kappa shape index (κ3) is 6.16. The smallest absolute Gasteiger partial charge is 0.244 e. The number of carbonyl (C=O) groups is 1. The van der Waals surface area contributed by atoms with Crippen LogP contribution in [0.25, 0.3) is 22.8 Å². The fraction of sp³-hybridized carbons (Fsp3) is 0.367. The molecule has 8 nitrogen and oxygen atoms in total. The molecule has 1 saturated heterocycles. The Kier molecular flexibility index (Phi) is 8.42. The van der Waals surface area contributed by atoms with Crippen LogP contribution in [0, 0.1) is 11.6 Å². The number of benzene rings is 2. The van der Waals surface area contributed by atoms with Gasteiger partial charge in [-0.2, -0.15) is 0 Å². The van der Waals surface area contributed by atoms with Crippen LogP contribution in [0.5, 0.6) is 0 Å². The number of hydrogen-bond acceptors (Lipinski definition) is 6. The number of halogens is 2. The summed E-state index contributed by atoms with van der Waals surface area (Å²) in [6.45, 7) is 6.78. The molecule has 0 N–H and O–H groups in total. The maximum absolute atomic E-state index is 13.6. The van der Waals surface area contributed by atoms with Crippen molar-refractivity contribution in [1.82, 2.24) is 29.6 Å². The van der Waals surface area contributed by atoms with Gasteiger partial charge in [-0.1, -0.05) is 20.3 Å². The minimum absolute atomic E-state index is 0.0201. The van der Waals surface area contributed by atoms with Gasteiger partial charge < -0.3 is 9.80 Å². The fourth-order valence-corrected chi connectivity index (χ4v) is 5.07. The molecule has 5 rings (SSSR count). The van der Waals surface area contributed by atoms with Crippen molar-refractivity contribution in [1.29, 1.82) is 0 Å². The second-order valence-corrected chi connectivity index (χ2v) is 9.99. The van der Waals surface area contributed by atoms with Crippen molar-refractivity contribution in [3.8, 4) is 22.8 Å². The van der Waals surface area contributed by atoms with Gasteiger partial charge in [-0.25, -0.2) is 28.4 Å². The lowest BCUT2D eigenvalue weighted by Gasteiger charge is -2.35. The van der Waals surface area contributed by atoms with E-state index in [-0.39, 0.29) is 24.1 Å². The molecule has 0 saturated carbocycles. The zero-order chi connectivity index (χ0) is 28.1. The molecular weight excluding hydrogens is 512 g/mol. The van der Waals surface area contributed by atoms with Gasteiger partial charge in [0.05, 0.1) is 0 Å². The van der Waals surface area contributed by atoms with Crippen LogP contribution in [0.2, 0.25) is 0 Å². The highest BCUT2D eigenvalue weighted by molar-refractivity contribution is 5.77. The number of nitrogens with zero attached hydrogens (tertiary/aromatic N) is 7. The molecule has 2 aromatic heterocycles. The third-order valence-electron chi connectivity index (χ3n) is 7.34. The zero-order valence-corrected chi connectivity index (χ0v) is 22.8. The number of carbonyl (C=O) groups excluding carboxylic acids is 1. The molecule has 0 aliphatic carbocycles. The van der Waals surface area contributed by atoms with Crippen LogP contribution in [0.3, 0.4) is 0 Å². The van der Waals surface area contributed by atoms with E-state index < -0.39 is 0 Å². The van der Waals surface area contributed by atoms with E-state index in [0.29, 0.717) is 54.9 Å². The van der Waals surface area contributed by atoms with E-state index in [2.05, 4.69) is 44.9 Å². The summed E-state index contributed by atoms with van der Waals surface area (Å²) in [6, 6.07) is 13.8. The Hall–Kier alpha value is -4.21. The topological polar surface area (TPSA) is 80.0 Å². The molecule has 208 valence electrons. The van der Waals surface area contributed by atoms with Crippen LogP contribution in [-0.4, -0.2) is 61.7 Å². The highest BCUT2D eigenvalue weighted by Crippen LogP contribution is 2.26. The SMILES string of the molecule is CCCC(CC)c1cc(N2CCN(C(=O)Cn3nc(-c4ccc(F)cc4)nc3-c3ccc(F)cc3)CC2)ncn1. The molecule has 0 radical (unpaired) electrons. The van der Waals surface area contributed by atoms with Gasteiger partial charge in [0.1, 0.15) is 30.3 Å². The van der Waals surface area contributed by atoms with Crippen LogP contribution in [0.15, 0.2) is 60.9 Å². The Bertz CT molecular complexity index is 1430. The normalized spacial score (nSPS) is 14.4. The number of piperazine rings is 1. The molecule has 10 heteroatoms. The van der Waals surface area contributed by atoms with Crippen LogP contribution < -0.4 is 4.90 Å². The van der Waals surface area contributed by atoms with Crippen molar-refractivity contribution in [2.45, 2.75) is 45.6 Å². The predicted molar refractivity (Wildman–Crippen MR) is 150 cm³/mol. The van der Waals surface area contributed by atoms with Gasteiger partial charge in [-0.15, -0.1) is 5.10 Å². The molecule has 4 aromatic rings. The summed E-state index contributed by atoms with van der Waals surface area (Å²) in [6.07, 6.45) is 4.89. The standard InChI is InChI=1S/C30H33F2N7O/c1-3-5-21(4-2)26-18-27(34-20-33-26)37-14-16-38(17-15-37)28(40)19-39-30(23-8-12-25(32)13-9-23)35-29(36-39)22-6-10-24(31)11-7-22/h6-13,18,20-21H,3-5,14-17,19H2,1-2H3. The van der Waals surface area contributed by atoms with Gasteiger partial charge in [0.25, 0.3) is 0 Å². The average Bonchev–Trinajstić information content (AvgIpc) is 3.40. The minimum Gasteiger partial charge on any atom is -0.353 e. The molecule has 1 unspecified atom stereocenters. The first-order chi connectivity index (χ1) is 19.4. The number of anilines is 1. The Morgan fingerprint density at radius 3 is 2.17 bits per heavy atom. The van der Waals surface area contributed by atoms with Crippen molar-refractivity contribution >= 4 is 11.7 Å². The first-order valence-electron chi connectivity index (χ1n) is 13.8. The van der Waals surface area contributed by atoms with Gasteiger partial charge in [0.2, 0.25) is 5.91 Å². The summed E-state index contributed by atoms with van der Waals surface area (Å²) >= 11 is 0. The highest BCUT2D eigenvalue weighted by atomic mass is 19.1. The monoisotopic (exact) mass is 545 g/mol. The third-order valence-corrected chi connectivity index (χ3v) is 7.34. The number of amides is 1. The van der Waals surface area contributed by atoms with E-state index >= 15 is 0 Å². The number of rotatable bonds is 9. The van der Waals surface area contributed by atoms with E-state index in [0.717, 1.165) is 30.8 Å². The molecule has 1 atom stereocenters. The molecule has 0 bridgehead atoms. The molecule has 2 aromatic carbocycles. The van der Waals surface area contributed by atoms with E-state index in [4.69, 9.17) is 0 Å². The van der Waals surface area contributed by atoms with E-state index in [9.17, 15) is 13.6 Å². The maximum Gasteiger partial charge on any atom is 0.244 e. The predicted octanol–water partition coefficient (Wildman–Crippen LogP) is 5.32. The minimum atomic E-state index is -0.367. The van der Waals surface area contributed by atoms with E-state index in [1.807, 2.05) is 4.90 Å². The van der Waals surface area contributed by atoms with Crippen molar-refractivity contribution in [3.63, 3.8) is 0 Å². The van der Waals surface area contributed by atoms with Crippen LogP contribution >= 0.6 is 0 Å². The maximum atomic E-state index is 13.6. The largest absolute Gasteiger partial charge is 0.353 e. The fourth-order valence-electron chi connectivity index (χ4n) is 5.07. The molecule has 40 heavy (non-hydrogen) atoms. The summed E-state index contributed by atoms with van der Waals surface area (Å²) in [7, 11) is 0. The first kappa shape index (κ1) is 27.4. The lowest BCUT2D eigenvalue weighted by molar-refractivity contribution is -0.132. The highest BCUT2D eigenvalue weighted by Gasteiger charge is 2.25. The molecule has 1 amide bonds. The summed E-state index contributed by atoms with van der Waals surface area (Å²) < 4.78 is 28.6. The van der Waals surface area contributed by atoms with Crippen molar-refractivity contribution in [3.05, 3.63) is 78.3 Å². The summed E-state index contributed by atoms with van der Waals surface area (Å²) in [5, 5.41) is 4.57. The first-order valence-corrected chi connectivity index (χ1v) is 13.8. The molecule has 3 heterocycles. The average molecular weight is 546 g/mol. The van der Waals surface area contributed by atoms with Gasteiger partial charge in [0.15, 0.2) is 11.6 Å². The molecule has 1 aliphatic heterocycles. The van der Waals surface area contributed by atoms with Gasteiger partial charge in [-0.3, -0.25) is 4.79 Å². The lowest BCUT2D eigenvalue weighted by atomic mass is 9.96. The molecule has 1 fully saturated rings. The van der Waals surface area contributed by atoms with E-state index in [1.54, 1.807) is 30.6 Å². The van der Waals surface area contributed by atoms with Crippen LogP contribution in [-0.2, 0) is 11.3 Å². The number of hydrogen-bond donors (Lipinski definition) is 0. The quantitative estimate of drug-likeness (QED) is 0.283. The van der Waals surface area contributed by atoms with Gasteiger partial charge >= 0.3 is 0 Å². The van der Waals surface area contributed by atoms with Crippen molar-refractivity contribution in [2.24, 2.45) is 0 Å². The molecule has 1 aliphatic rings. The van der Waals surface area contributed by atoms with E-state index in [1.165, 1.54) is 28.9 Å². The van der Waals surface area contributed by atoms with Crippen molar-refractivity contribution < 1.29 is 13.6 Å². The lowest BCUT2D eigenvalue weighted by Crippen LogP contribution is -2.50. The zero-order valence-electron chi connectivity index (χ0n) is 22.8. The second-order valence-electron chi connectivity index (χ2n) is 9.99.